The summed E-state index contributed by atoms with van der Waals surface area (Å²) in [7, 11) is 0. The van der Waals surface area contributed by atoms with Crippen molar-refractivity contribution in [1.82, 2.24) is 10.6 Å². The lowest BCUT2D eigenvalue weighted by Gasteiger charge is -2.23. The van der Waals surface area contributed by atoms with Crippen molar-refractivity contribution in [3.05, 3.63) is 36.1 Å². The summed E-state index contributed by atoms with van der Waals surface area (Å²) in [5.41, 5.74) is 1.29. The first-order chi connectivity index (χ1) is 9.34. The van der Waals surface area contributed by atoms with E-state index in [9.17, 15) is 4.79 Å². The van der Waals surface area contributed by atoms with E-state index in [4.69, 9.17) is 9.15 Å². The number of amides is 1. The number of carbonyl (C=O) groups is 1. The summed E-state index contributed by atoms with van der Waals surface area (Å²) in [6, 6.07) is 7.50. The first kappa shape index (κ1) is 12.2. The fourth-order valence-corrected chi connectivity index (χ4v) is 2.21. The molecule has 0 bridgehead atoms. The van der Waals surface area contributed by atoms with E-state index < -0.39 is 0 Å². The number of hydrogen-bond donors (Lipinski definition) is 2. The number of furan rings is 1. The fourth-order valence-electron chi connectivity index (χ4n) is 2.21. The molecule has 2 heterocycles. The topological polar surface area (TPSA) is 63.5 Å². The van der Waals surface area contributed by atoms with Crippen molar-refractivity contribution < 1.29 is 13.9 Å². The van der Waals surface area contributed by atoms with Crippen molar-refractivity contribution in [2.75, 3.05) is 26.2 Å². The predicted molar refractivity (Wildman–Crippen MR) is 71.2 cm³/mol. The number of nitrogens with one attached hydrogen (secondary N) is 2. The summed E-state index contributed by atoms with van der Waals surface area (Å²) in [5.74, 6) is -0.126. The minimum absolute atomic E-state index is 0.0378. The number of fused-ring (bicyclic) bond motifs is 1. The van der Waals surface area contributed by atoms with Gasteiger partial charge >= 0.3 is 0 Å². The molecule has 100 valence electrons. The Morgan fingerprint density at radius 3 is 3.16 bits per heavy atom. The van der Waals surface area contributed by atoms with E-state index in [1.807, 2.05) is 24.3 Å². The molecule has 1 saturated heterocycles. The van der Waals surface area contributed by atoms with Gasteiger partial charge in [0.15, 0.2) is 0 Å². The largest absolute Gasteiger partial charge is 0.463 e. The summed E-state index contributed by atoms with van der Waals surface area (Å²) >= 11 is 0. The molecule has 2 N–H and O–H groups in total. The van der Waals surface area contributed by atoms with Crippen molar-refractivity contribution in [3.63, 3.8) is 0 Å². The summed E-state index contributed by atoms with van der Waals surface area (Å²) in [6.45, 7) is 2.84. The second-order valence-electron chi connectivity index (χ2n) is 4.55. The van der Waals surface area contributed by atoms with Gasteiger partial charge in [-0.15, -0.1) is 0 Å². The second kappa shape index (κ2) is 5.42. The normalized spacial score (nSPS) is 19.5. The Kier molecular flexibility index (Phi) is 3.48. The van der Waals surface area contributed by atoms with Gasteiger partial charge in [-0.05, 0) is 6.07 Å². The molecule has 0 spiro atoms. The van der Waals surface area contributed by atoms with E-state index in [-0.39, 0.29) is 12.0 Å². The zero-order chi connectivity index (χ0) is 13.1. The van der Waals surface area contributed by atoms with Crippen molar-refractivity contribution in [1.29, 1.82) is 0 Å². The van der Waals surface area contributed by atoms with Crippen LogP contribution in [0.15, 0.2) is 34.9 Å². The van der Waals surface area contributed by atoms with E-state index in [2.05, 4.69) is 10.6 Å². The van der Waals surface area contributed by atoms with Crippen LogP contribution >= 0.6 is 0 Å². The molecule has 19 heavy (non-hydrogen) atoms. The van der Waals surface area contributed by atoms with Gasteiger partial charge in [0.25, 0.3) is 5.91 Å². The summed E-state index contributed by atoms with van der Waals surface area (Å²) in [6.07, 6.45) is 1.54. The fraction of sp³-hybridized carbons (Fsp3) is 0.357. The molecule has 0 aliphatic carbocycles. The SMILES string of the molecule is O=C(NCC1CNCCO1)c1coc2ccccc12. The number of ether oxygens (including phenoxy) is 1. The quantitative estimate of drug-likeness (QED) is 0.869. The molecule has 1 unspecified atom stereocenters. The van der Waals surface area contributed by atoms with E-state index in [0.29, 0.717) is 18.7 Å². The summed E-state index contributed by atoms with van der Waals surface area (Å²) in [5, 5.41) is 6.95. The Bertz CT molecular complexity index is 573. The molecule has 2 aromatic rings. The zero-order valence-electron chi connectivity index (χ0n) is 10.5. The Hall–Kier alpha value is -1.85. The van der Waals surface area contributed by atoms with E-state index in [0.717, 1.165) is 24.1 Å². The highest BCUT2D eigenvalue weighted by Crippen LogP contribution is 2.20. The number of carbonyl (C=O) groups excluding carboxylic acids is 1. The van der Waals surface area contributed by atoms with Crippen molar-refractivity contribution in [2.24, 2.45) is 0 Å². The Morgan fingerprint density at radius 1 is 1.42 bits per heavy atom. The van der Waals surface area contributed by atoms with Gasteiger partial charge in [0.05, 0.1) is 18.3 Å². The number of benzene rings is 1. The third-order valence-electron chi connectivity index (χ3n) is 3.22. The number of morpholine rings is 1. The maximum Gasteiger partial charge on any atom is 0.255 e. The smallest absolute Gasteiger partial charge is 0.255 e. The van der Waals surface area contributed by atoms with Crippen LogP contribution in [0.5, 0.6) is 0 Å². The highest BCUT2D eigenvalue weighted by Gasteiger charge is 2.17. The molecule has 1 amide bonds. The minimum atomic E-state index is -0.126. The molecule has 1 fully saturated rings. The van der Waals surface area contributed by atoms with Gasteiger partial charge in [-0.2, -0.15) is 0 Å². The minimum Gasteiger partial charge on any atom is -0.463 e. The highest BCUT2D eigenvalue weighted by molar-refractivity contribution is 6.05. The molecule has 1 atom stereocenters. The molecule has 1 aliphatic rings. The average Bonchev–Trinajstić information content (AvgIpc) is 2.90. The van der Waals surface area contributed by atoms with Gasteiger partial charge in [0.1, 0.15) is 11.8 Å². The van der Waals surface area contributed by atoms with Crippen LogP contribution in [0.3, 0.4) is 0 Å². The molecule has 5 heteroatoms. The standard InChI is InChI=1S/C14H16N2O3/c17-14(16-8-10-7-15-5-6-18-10)12-9-19-13-4-2-1-3-11(12)13/h1-4,9-10,15H,5-8H2,(H,16,17). The van der Waals surface area contributed by atoms with Crippen LogP contribution in [0.2, 0.25) is 0 Å². The van der Waals surface area contributed by atoms with Gasteiger partial charge < -0.3 is 19.8 Å². The van der Waals surface area contributed by atoms with Crippen LogP contribution in [0.25, 0.3) is 11.0 Å². The van der Waals surface area contributed by atoms with Gasteiger partial charge in [-0.25, -0.2) is 0 Å². The van der Waals surface area contributed by atoms with E-state index in [1.165, 1.54) is 6.26 Å². The lowest BCUT2D eigenvalue weighted by atomic mass is 10.1. The molecule has 0 radical (unpaired) electrons. The first-order valence-electron chi connectivity index (χ1n) is 6.41. The zero-order valence-corrected chi connectivity index (χ0v) is 10.5. The molecule has 1 aromatic carbocycles. The van der Waals surface area contributed by atoms with Crippen molar-refractivity contribution >= 4 is 16.9 Å². The molecule has 0 saturated carbocycles. The lowest BCUT2D eigenvalue weighted by molar-refractivity contribution is 0.0287. The maximum absolute atomic E-state index is 12.1. The second-order valence-corrected chi connectivity index (χ2v) is 4.55. The van der Waals surface area contributed by atoms with Gasteiger partial charge in [0, 0.05) is 25.0 Å². The molecular formula is C14H16N2O3. The third-order valence-corrected chi connectivity index (χ3v) is 3.22. The van der Waals surface area contributed by atoms with Crippen LogP contribution in [0.1, 0.15) is 10.4 Å². The summed E-state index contributed by atoms with van der Waals surface area (Å²) in [4.78, 5) is 12.1. The van der Waals surface area contributed by atoms with E-state index >= 15 is 0 Å². The molecule has 1 aliphatic heterocycles. The maximum atomic E-state index is 12.1. The molecular weight excluding hydrogens is 244 g/mol. The van der Waals surface area contributed by atoms with Crippen LogP contribution in [-0.4, -0.2) is 38.3 Å². The molecule has 5 nitrogen and oxygen atoms in total. The molecule has 3 rings (SSSR count). The lowest BCUT2D eigenvalue weighted by Crippen LogP contribution is -2.45. The van der Waals surface area contributed by atoms with Crippen LogP contribution in [-0.2, 0) is 4.74 Å². The first-order valence-corrected chi connectivity index (χ1v) is 6.41. The van der Waals surface area contributed by atoms with Gasteiger partial charge in [-0.1, -0.05) is 18.2 Å². The third kappa shape index (κ3) is 2.62. The molecule has 1 aromatic heterocycles. The summed E-state index contributed by atoms with van der Waals surface area (Å²) < 4.78 is 10.9. The highest BCUT2D eigenvalue weighted by atomic mass is 16.5. The van der Waals surface area contributed by atoms with Crippen molar-refractivity contribution in [2.45, 2.75) is 6.10 Å². The Morgan fingerprint density at radius 2 is 2.32 bits per heavy atom. The van der Waals surface area contributed by atoms with Crippen molar-refractivity contribution in [3.8, 4) is 0 Å². The van der Waals surface area contributed by atoms with Gasteiger partial charge in [0.2, 0.25) is 0 Å². The van der Waals surface area contributed by atoms with Crippen LogP contribution < -0.4 is 10.6 Å². The van der Waals surface area contributed by atoms with Gasteiger partial charge in [-0.3, -0.25) is 4.79 Å². The average molecular weight is 260 g/mol. The number of hydrogen-bond acceptors (Lipinski definition) is 4. The number of rotatable bonds is 3. The van der Waals surface area contributed by atoms with E-state index in [1.54, 1.807) is 0 Å². The Labute approximate surface area is 110 Å². The van der Waals surface area contributed by atoms with Crippen LogP contribution in [0, 0.1) is 0 Å². The number of para-hydroxylation sites is 1. The van der Waals surface area contributed by atoms with Crippen LogP contribution in [0.4, 0.5) is 0 Å². The Balaban J connectivity index is 1.66. The predicted octanol–water partition coefficient (Wildman–Crippen LogP) is 1.15. The monoisotopic (exact) mass is 260 g/mol.